The van der Waals surface area contributed by atoms with Crippen LogP contribution < -0.4 is 10.9 Å². The molecule has 0 atom stereocenters. The lowest BCUT2D eigenvalue weighted by Gasteiger charge is -2.14. The van der Waals surface area contributed by atoms with Gasteiger partial charge in [0, 0.05) is 32.8 Å². The molecule has 0 spiro atoms. The van der Waals surface area contributed by atoms with Gasteiger partial charge in [0.2, 0.25) is 10.6 Å². The molecule has 0 aliphatic heterocycles. The highest BCUT2D eigenvalue weighted by atomic mass is 35.5. The van der Waals surface area contributed by atoms with E-state index in [0.29, 0.717) is 27.2 Å². The maximum atomic E-state index is 9.62. The predicted octanol–water partition coefficient (Wildman–Crippen LogP) is 24.1. The molecule has 3 aromatic heterocycles. The molecule has 122 heavy (non-hydrogen) atoms. The smallest absolute Gasteiger partial charge is 0.423 e. The normalized spacial score (nSPS) is 10.8. The fraction of sp³-hybridized carbons (Fsp3) is 0.00952. The molecular formula is C105H71B2Cl3N8O4. The van der Waals surface area contributed by atoms with E-state index in [4.69, 9.17) is 65.3 Å². The van der Waals surface area contributed by atoms with Crippen molar-refractivity contribution in [3.8, 4) is 113 Å². The number of benzene rings is 17. The molecule has 0 aliphatic carbocycles. The van der Waals surface area contributed by atoms with Gasteiger partial charge in [0.25, 0.3) is 0 Å². The van der Waals surface area contributed by atoms with Crippen LogP contribution in [0.15, 0.2) is 388 Å². The summed E-state index contributed by atoms with van der Waals surface area (Å²) < 4.78 is 0. The lowest BCUT2D eigenvalue weighted by Crippen LogP contribution is -2.30. The van der Waals surface area contributed by atoms with Gasteiger partial charge >= 0.3 is 14.2 Å². The van der Waals surface area contributed by atoms with E-state index in [1.165, 1.54) is 38.6 Å². The summed E-state index contributed by atoms with van der Waals surface area (Å²) in [7, 11) is -2.84. The molecule has 0 amide bonds. The summed E-state index contributed by atoms with van der Waals surface area (Å²) in [6.45, 7) is 2.12. The third kappa shape index (κ3) is 18.3. The van der Waals surface area contributed by atoms with E-state index in [1.807, 2.05) is 158 Å². The SMILES string of the molecule is Cc1ccc(-c2ccc(-c3ccc(-c4nc(-c5ccccc5)nc5ccccc45)c4ccccc34)cc2)cc1.Clc1nc(Cl)c2ccccc2n1.N#Cc1ccc(-c2ccc(-c3ccc(-c4nc(Cl)nc5ccccc45)c4ccccc34)cc2)cc1.N#Cc1ccc(-c2ccc(-c3ccc(B(O)O)c4ccccc34)cc2)cc1.OB(O)c1ccccc1. The first kappa shape index (κ1) is 81.1. The molecule has 3 heterocycles. The van der Waals surface area contributed by atoms with E-state index < -0.39 is 14.2 Å². The van der Waals surface area contributed by atoms with Crippen LogP contribution in [0.1, 0.15) is 16.7 Å². The number of hydrogen-bond acceptors (Lipinski definition) is 12. The van der Waals surface area contributed by atoms with Crippen LogP contribution in [0.25, 0.3) is 166 Å². The Morgan fingerprint density at radius 1 is 0.246 bits per heavy atom. The Bertz CT molecular complexity index is 7250. The molecule has 4 N–H and O–H groups in total. The maximum absolute atomic E-state index is 9.62. The van der Waals surface area contributed by atoms with Gasteiger partial charge in [0.15, 0.2) is 5.82 Å². The van der Waals surface area contributed by atoms with Crippen molar-refractivity contribution < 1.29 is 20.1 Å². The molecule has 17 heteroatoms. The van der Waals surface area contributed by atoms with Gasteiger partial charge in [-0.25, -0.2) is 29.9 Å². The molecule has 0 saturated carbocycles. The van der Waals surface area contributed by atoms with E-state index in [0.717, 1.165) is 133 Å². The average molecular weight is 1640 g/mol. The second-order valence-electron chi connectivity index (χ2n) is 28.7. The summed E-state index contributed by atoms with van der Waals surface area (Å²) in [5, 5.41) is 64.5. The quantitative estimate of drug-likeness (QED) is 0.0542. The minimum absolute atomic E-state index is 0.179. The third-order valence-corrected chi connectivity index (χ3v) is 21.7. The summed E-state index contributed by atoms with van der Waals surface area (Å²) >= 11 is 17.7. The van der Waals surface area contributed by atoms with Crippen molar-refractivity contribution in [2.75, 3.05) is 0 Å². The Balaban J connectivity index is 0.000000122. The second-order valence-corrected chi connectivity index (χ2v) is 29.8. The largest absolute Gasteiger partial charge is 0.489 e. The van der Waals surface area contributed by atoms with E-state index in [2.05, 4.69) is 239 Å². The zero-order chi connectivity index (χ0) is 84.0. The van der Waals surface area contributed by atoms with Crippen LogP contribution in [0.3, 0.4) is 0 Å². The zero-order valence-corrected chi connectivity index (χ0v) is 67.9. The molecule has 0 radical (unpaired) electrons. The highest BCUT2D eigenvalue weighted by Crippen LogP contribution is 2.42. The van der Waals surface area contributed by atoms with Gasteiger partial charge in [0.1, 0.15) is 5.15 Å². The van der Waals surface area contributed by atoms with Crippen LogP contribution in [0, 0.1) is 29.6 Å². The van der Waals surface area contributed by atoms with Gasteiger partial charge in [-0.15, -0.1) is 0 Å². The van der Waals surface area contributed by atoms with Crippen molar-refractivity contribution in [3.63, 3.8) is 0 Å². The van der Waals surface area contributed by atoms with Crippen LogP contribution in [0.4, 0.5) is 0 Å². The first-order valence-electron chi connectivity index (χ1n) is 39.3. The van der Waals surface area contributed by atoms with Gasteiger partial charge in [-0.05, 0) is 189 Å². The molecule has 20 rings (SSSR count). The number of aryl methyl sites for hydroxylation is 1. The summed E-state index contributed by atoms with van der Waals surface area (Å²) in [6, 6.07) is 134. The van der Waals surface area contributed by atoms with Crippen molar-refractivity contribution in [3.05, 3.63) is 421 Å². The summed E-state index contributed by atoms with van der Waals surface area (Å²) in [6.07, 6.45) is 0. The Hall–Kier alpha value is -14.6. The molecular weight excluding hydrogens is 1570 g/mol. The van der Waals surface area contributed by atoms with Gasteiger partial charge in [-0.1, -0.05) is 357 Å². The molecule has 12 nitrogen and oxygen atoms in total. The van der Waals surface area contributed by atoms with Crippen molar-refractivity contribution in [1.29, 1.82) is 10.5 Å². The van der Waals surface area contributed by atoms with Gasteiger partial charge in [-0.3, -0.25) is 0 Å². The highest BCUT2D eigenvalue weighted by molar-refractivity contribution is 6.62. The van der Waals surface area contributed by atoms with Gasteiger partial charge < -0.3 is 20.1 Å². The Kier molecular flexibility index (Phi) is 25.0. The molecule has 0 saturated heterocycles. The third-order valence-electron chi connectivity index (χ3n) is 21.1. The topological polar surface area (TPSA) is 206 Å². The molecule has 0 aliphatic rings. The first-order chi connectivity index (χ1) is 59.7. The van der Waals surface area contributed by atoms with Crippen LogP contribution in [0.2, 0.25) is 15.7 Å². The number of hydrogen-bond donors (Lipinski definition) is 4. The number of nitriles is 2. The summed E-state index contributed by atoms with van der Waals surface area (Å²) in [5.74, 6) is 0.740. The van der Waals surface area contributed by atoms with Gasteiger partial charge in [0.05, 0.1) is 51.2 Å². The standard InChI is InChI=1S/C37H26N2.C31H18ClN3.C23H16BNO2.C8H4Cl2N2.C6H7BO2/c1-25-15-17-26(18-16-25)27-19-21-28(22-20-27)30-23-24-33(32-12-6-5-11-31(30)32)36-34-13-7-8-14-35(34)38-37(39-36)29-9-3-2-4-10-29;32-31-34-29-8-4-3-7-28(29)30(35-31)27-18-17-24(25-5-1-2-6-26(25)27)23-15-13-22(14-16-23)21-11-9-20(19-33)10-12-21;25-15-16-5-7-17(8-6-16)18-9-11-19(12-10-18)20-13-14-23(24(26)27)22-4-2-1-3-21(20)22;9-7-5-3-1-2-4-6(5)11-8(10)12-7;8-7(9)6-4-2-1-3-5-6/h2-24H,1H3;1-18H;1-14,26-27H;1-4H;1-5,8-9H. The minimum atomic E-state index is -1.50. The predicted molar refractivity (Wildman–Crippen MR) is 502 cm³/mol. The fourth-order valence-electron chi connectivity index (χ4n) is 14.9. The minimum Gasteiger partial charge on any atom is -0.423 e. The Morgan fingerprint density at radius 2 is 0.549 bits per heavy atom. The van der Waals surface area contributed by atoms with Crippen LogP contribution in [-0.2, 0) is 0 Å². The number of rotatable bonds is 11. The number of fused-ring (bicyclic) bond motifs is 6. The first-order valence-corrected chi connectivity index (χ1v) is 40.4. The number of aromatic nitrogens is 6. The fourth-order valence-corrected chi connectivity index (χ4v) is 15.6. The maximum Gasteiger partial charge on any atom is 0.489 e. The molecule has 0 unspecified atom stereocenters. The molecule has 0 bridgehead atoms. The van der Waals surface area contributed by atoms with E-state index >= 15 is 0 Å². The number of para-hydroxylation sites is 3. The average Bonchev–Trinajstić information content (AvgIpc) is 0.757. The van der Waals surface area contributed by atoms with Crippen molar-refractivity contribution in [2.24, 2.45) is 0 Å². The van der Waals surface area contributed by atoms with Gasteiger partial charge in [-0.2, -0.15) is 10.5 Å². The number of nitrogens with zero attached hydrogens (tertiary/aromatic N) is 8. The second kappa shape index (κ2) is 37.5. The molecule has 582 valence electrons. The molecule has 17 aromatic carbocycles. The lowest BCUT2D eigenvalue weighted by molar-refractivity contribution is 0.424. The van der Waals surface area contributed by atoms with Crippen LogP contribution >= 0.6 is 34.8 Å². The van der Waals surface area contributed by atoms with E-state index in [9.17, 15) is 10.0 Å². The lowest BCUT2D eigenvalue weighted by atomic mass is 9.76. The summed E-state index contributed by atoms with van der Waals surface area (Å²) in [5.41, 5.74) is 24.7. The van der Waals surface area contributed by atoms with Crippen LogP contribution in [0.5, 0.6) is 0 Å². The van der Waals surface area contributed by atoms with Crippen molar-refractivity contribution in [1.82, 2.24) is 29.9 Å². The Morgan fingerprint density at radius 3 is 0.959 bits per heavy atom. The zero-order valence-electron chi connectivity index (χ0n) is 65.6. The van der Waals surface area contributed by atoms with E-state index in [1.54, 1.807) is 30.3 Å². The van der Waals surface area contributed by atoms with Crippen molar-refractivity contribution >= 4 is 125 Å². The van der Waals surface area contributed by atoms with E-state index in [-0.39, 0.29) is 10.6 Å². The van der Waals surface area contributed by atoms with Crippen molar-refractivity contribution in [2.45, 2.75) is 6.92 Å². The number of halogens is 3. The summed E-state index contributed by atoms with van der Waals surface area (Å²) in [4.78, 5) is 26.9. The Labute approximate surface area is 720 Å². The monoisotopic (exact) mass is 1630 g/mol. The van der Waals surface area contributed by atoms with Crippen LogP contribution in [-0.4, -0.2) is 64.2 Å². The molecule has 20 aromatic rings. The highest BCUT2D eigenvalue weighted by Gasteiger charge is 2.21. The molecule has 0 fully saturated rings.